The van der Waals surface area contributed by atoms with Crippen LogP contribution in [0.4, 0.5) is 11.5 Å². The molecule has 2 aromatic rings. The average molecular weight is 247 g/mol. The summed E-state index contributed by atoms with van der Waals surface area (Å²) in [6.45, 7) is 1.52. The van der Waals surface area contributed by atoms with Gasteiger partial charge in [-0.15, -0.1) is 0 Å². The lowest BCUT2D eigenvalue weighted by atomic mass is 10.2. The molecule has 17 heavy (non-hydrogen) atoms. The van der Waals surface area contributed by atoms with Crippen LogP contribution in [-0.2, 0) is 13.1 Å². The van der Waals surface area contributed by atoms with Gasteiger partial charge in [-0.25, -0.2) is 9.97 Å². The molecular formula is C12H11ClN4. The summed E-state index contributed by atoms with van der Waals surface area (Å²) >= 11 is 5.87. The SMILES string of the molecule is Nc1ncnc2c1CN(c1ccc(Cl)cc1)C2. The van der Waals surface area contributed by atoms with Crippen molar-refractivity contribution in [3.8, 4) is 0 Å². The third kappa shape index (κ3) is 1.80. The molecule has 0 aliphatic carbocycles. The third-order valence-electron chi connectivity index (χ3n) is 2.95. The van der Waals surface area contributed by atoms with Crippen LogP contribution in [0, 0.1) is 0 Å². The molecule has 0 unspecified atom stereocenters. The van der Waals surface area contributed by atoms with Gasteiger partial charge < -0.3 is 10.6 Å². The lowest BCUT2D eigenvalue weighted by molar-refractivity contribution is 0.871. The van der Waals surface area contributed by atoms with E-state index >= 15 is 0 Å². The number of nitrogens with two attached hydrogens (primary N) is 1. The van der Waals surface area contributed by atoms with Crippen molar-refractivity contribution in [3.63, 3.8) is 0 Å². The lowest BCUT2D eigenvalue weighted by Gasteiger charge is -2.17. The Kier molecular flexibility index (Phi) is 2.37. The lowest BCUT2D eigenvalue weighted by Crippen LogP contribution is -2.14. The molecule has 1 aromatic heterocycles. The van der Waals surface area contributed by atoms with Crippen molar-refractivity contribution < 1.29 is 0 Å². The summed E-state index contributed by atoms with van der Waals surface area (Å²) in [6.07, 6.45) is 1.51. The van der Waals surface area contributed by atoms with Crippen LogP contribution in [0.3, 0.4) is 0 Å². The van der Waals surface area contributed by atoms with E-state index in [-0.39, 0.29) is 0 Å². The van der Waals surface area contributed by atoms with E-state index < -0.39 is 0 Å². The van der Waals surface area contributed by atoms with Gasteiger partial charge in [0.05, 0.1) is 12.2 Å². The number of anilines is 2. The van der Waals surface area contributed by atoms with Gasteiger partial charge in [-0.1, -0.05) is 11.6 Å². The van der Waals surface area contributed by atoms with Gasteiger partial charge in [0, 0.05) is 22.8 Å². The van der Waals surface area contributed by atoms with Gasteiger partial charge in [0.25, 0.3) is 0 Å². The number of fused-ring (bicyclic) bond motifs is 1. The number of hydrogen-bond donors (Lipinski definition) is 1. The van der Waals surface area contributed by atoms with Gasteiger partial charge in [-0.05, 0) is 24.3 Å². The Morgan fingerprint density at radius 3 is 2.59 bits per heavy atom. The van der Waals surface area contributed by atoms with Crippen molar-refractivity contribution >= 4 is 23.1 Å². The summed E-state index contributed by atoms with van der Waals surface area (Å²) in [7, 11) is 0. The summed E-state index contributed by atoms with van der Waals surface area (Å²) in [5.41, 5.74) is 8.99. The van der Waals surface area contributed by atoms with Crippen LogP contribution in [-0.4, -0.2) is 9.97 Å². The van der Waals surface area contributed by atoms with E-state index in [2.05, 4.69) is 14.9 Å². The minimum Gasteiger partial charge on any atom is -0.383 e. The normalized spacial score (nSPS) is 13.8. The fourth-order valence-corrected chi connectivity index (χ4v) is 2.16. The molecule has 0 bridgehead atoms. The molecule has 2 heterocycles. The molecule has 0 saturated heterocycles. The second kappa shape index (κ2) is 3.89. The van der Waals surface area contributed by atoms with E-state index in [1.54, 1.807) is 0 Å². The highest BCUT2D eigenvalue weighted by atomic mass is 35.5. The van der Waals surface area contributed by atoms with Crippen molar-refractivity contribution in [2.75, 3.05) is 10.6 Å². The molecular weight excluding hydrogens is 236 g/mol. The van der Waals surface area contributed by atoms with Gasteiger partial charge in [0.2, 0.25) is 0 Å². The van der Waals surface area contributed by atoms with Crippen LogP contribution in [0.1, 0.15) is 11.3 Å². The smallest absolute Gasteiger partial charge is 0.132 e. The van der Waals surface area contributed by atoms with Crippen LogP contribution < -0.4 is 10.6 Å². The molecule has 0 saturated carbocycles. The molecule has 0 atom stereocenters. The van der Waals surface area contributed by atoms with E-state index in [1.807, 2.05) is 24.3 Å². The molecule has 0 radical (unpaired) electrons. The highest BCUT2D eigenvalue weighted by Crippen LogP contribution is 2.29. The van der Waals surface area contributed by atoms with E-state index in [4.69, 9.17) is 17.3 Å². The molecule has 0 fully saturated rings. The molecule has 1 aromatic carbocycles. The fraction of sp³-hybridized carbons (Fsp3) is 0.167. The molecule has 4 nitrogen and oxygen atoms in total. The van der Waals surface area contributed by atoms with Gasteiger partial charge in [-0.3, -0.25) is 0 Å². The maximum absolute atomic E-state index is 5.87. The highest BCUT2D eigenvalue weighted by molar-refractivity contribution is 6.30. The molecule has 0 spiro atoms. The topological polar surface area (TPSA) is 55.0 Å². The third-order valence-corrected chi connectivity index (χ3v) is 3.20. The Morgan fingerprint density at radius 2 is 1.88 bits per heavy atom. The highest BCUT2D eigenvalue weighted by Gasteiger charge is 2.22. The van der Waals surface area contributed by atoms with Crippen molar-refractivity contribution in [2.24, 2.45) is 0 Å². The fourth-order valence-electron chi connectivity index (χ4n) is 2.03. The number of aromatic nitrogens is 2. The summed E-state index contributed by atoms with van der Waals surface area (Å²) in [4.78, 5) is 10.5. The molecule has 3 rings (SSSR count). The van der Waals surface area contributed by atoms with Crippen LogP contribution >= 0.6 is 11.6 Å². The van der Waals surface area contributed by atoms with E-state index in [0.717, 1.165) is 35.1 Å². The summed E-state index contributed by atoms with van der Waals surface area (Å²) in [6, 6.07) is 7.76. The monoisotopic (exact) mass is 246 g/mol. The standard InChI is InChI=1S/C12H11ClN4/c13-8-1-3-9(4-2-8)17-5-10-11(6-17)15-7-16-12(10)14/h1-4,7H,5-6H2,(H2,14,15,16). The quantitative estimate of drug-likeness (QED) is 0.838. The number of nitrogens with zero attached hydrogens (tertiary/aromatic N) is 3. The zero-order chi connectivity index (χ0) is 11.8. The zero-order valence-electron chi connectivity index (χ0n) is 9.10. The van der Waals surface area contributed by atoms with Gasteiger partial charge >= 0.3 is 0 Å². The Labute approximate surface area is 104 Å². The minimum atomic E-state index is 0.575. The minimum absolute atomic E-state index is 0.575. The average Bonchev–Trinajstić information content (AvgIpc) is 2.75. The van der Waals surface area contributed by atoms with Crippen molar-refractivity contribution in [2.45, 2.75) is 13.1 Å². The number of halogens is 1. The van der Waals surface area contributed by atoms with E-state index in [9.17, 15) is 0 Å². The van der Waals surface area contributed by atoms with Gasteiger partial charge in [0.1, 0.15) is 12.1 Å². The first kappa shape index (κ1) is 10.4. The van der Waals surface area contributed by atoms with Crippen molar-refractivity contribution in [1.82, 2.24) is 9.97 Å². The maximum Gasteiger partial charge on any atom is 0.132 e. The Balaban J connectivity index is 1.91. The first-order valence-electron chi connectivity index (χ1n) is 5.33. The van der Waals surface area contributed by atoms with E-state index in [1.165, 1.54) is 6.33 Å². The molecule has 2 N–H and O–H groups in total. The molecule has 1 aliphatic rings. The predicted molar refractivity (Wildman–Crippen MR) is 67.8 cm³/mol. The van der Waals surface area contributed by atoms with Gasteiger partial charge in [-0.2, -0.15) is 0 Å². The van der Waals surface area contributed by atoms with Crippen LogP contribution in [0.5, 0.6) is 0 Å². The van der Waals surface area contributed by atoms with Gasteiger partial charge in [0.15, 0.2) is 0 Å². The number of benzene rings is 1. The number of hydrogen-bond acceptors (Lipinski definition) is 4. The van der Waals surface area contributed by atoms with E-state index in [0.29, 0.717) is 5.82 Å². The maximum atomic E-state index is 5.87. The molecule has 5 heteroatoms. The second-order valence-corrected chi connectivity index (χ2v) is 4.45. The second-order valence-electron chi connectivity index (χ2n) is 4.02. The summed E-state index contributed by atoms with van der Waals surface area (Å²) in [5, 5.41) is 0.741. The van der Waals surface area contributed by atoms with Crippen LogP contribution in [0.2, 0.25) is 5.02 Å². The number of nitrogen functional groups attached to an aromatic ring is 1. The number of rotatable bonds is 1. The Hall–Kier alpha value is -1.81. The Morgan fingerprint density at radius 1 is 1.12 bits per heavy atom. The Bertz CT molecular complexity index is 553. The molecule has 86 valence electrons. The predicted octanol–water partition coefficient (Wildman–Crippen LogP) is 2.23. The zero-order valence-corrected chi connectivity index (χ0v) is 9.85. The first-order valence-corrected chi connectivity index (χ1v) is 5.70. The summed E-state index contributed by atoms with van der Waals surface area (Å²) in [5.74, 6) is 0.575. The van der Waals surface area contributed by atoms with Crippen molar-refractivity contribution in [1.29, 1.82) is 0 Å². The first-order chi connectivity index (χ1) is 8.24. The van der Waals surface area contributed by atoms with Crippen LogP contribution in [0.25, 0.3) is 0 Å². The summed E-state index contributed by atoms with van der Waals surface area (Å²) < 4.78 is 0. The van der Waals surface area contributed by atoms with Crippen LogP contribution in [0.15, 0.2) is 30.6 Å². The largest absolute Gasteiger partial charge is 0.383 e. The molecule has 0 amide bonds. The molecule has 1 aliphatic heterocycles. The van der Waals surface area contributed by atoms with Crippen molar-refractivity contribution in [3.05, 3.63) is 46.9 Å².